The molecule has 8 heteroatoms. The number of halogens is 2. The summed E-state index contributed by atoms with van der Waals surface area (Å²) in [4.78, 5) is 24.9. The lowest BCUT2D eigenvalue weighted by Gasteiger charge is -2.10. The second-order valence-corrected chi connectivity index (χ2v) is 6.56. The van der Waals surface area contributed by atoms with Crippen LogP contribution in [0, 0.1) is 11.6 Å². The minimum atomic E-state index is -0.743. The van der Waals surface area contributed by atoms with Gasteiger partial charge >= 0.3 is 0 Å². The summed E-state index contributed by atoms with van der Waals surface area (Å²) in [5.41, 5.74) is 1.44. The van der Waals surface area contributed by atoms with E-state index in [1.807, 2.05) is 12.1 Å². The molecular formula is C21H13F2N5O. The maximum atomic E-state index is 14.8. The Morgan fingerprint density at radius 3 is 2.66 bits per heavy atom. The van der Waals surface area contributed by atoms with Crippen LogP contribution in [0.1, 0.15) is 5.56 Å². The summed E-state index contributed by atoms with van der Waals surface area (Å²) in [6, 6.07) is 9.48. The van der Waals surface area contributed by atoms with Crippen molar-refractivity contribution in [2.45, 2.75) is 6.54 Å². The van der Waals surface area contributed by atoms with Gasteiger partial charge in [-0.05, 0) is 30.3 Å². The van der Waals surface area contributed by atoms with Gasteiger partial charge in [0.05, 0.1) is 41.9 Å². The third-order valence-corrected chi connectivity index (χ3v) is 4.81. The first-order valence-corrected chi connectivity index (χ1v) is 8.81. The Balaban J connectivity index is 1.57. The van der Waals surface area contributed by atoms with Crippen LogP contribution >= 0.6 is 0 Å². The zero-order valence-corrected chi connectivity index (χ0v) is 15.0. The fraction of sp³-hybridized carbons (Fsp3) is 0.0476. The Bertz CT molecular complexity index is 1420. The van der Waals surface area contributed by atoms with Crippen LogP contribution in [-0.4, -0.2) is 23.9 Å². The lowest BCUT2D eigenvalue weighted by molar-refractivity contribution is 0.541. The minimum absolute atomic E-state index is 0.208. The zero-order valence-electron chi connectivity index (χ0n) is 15.0. The lowest BCUT2D eigenvalue weighted by atomic mass is 10.1. The number of imidazole rings is 1. The molecule has 0 saturated heterocycles. The molecule has 0 fully saturated rings. The first-order valence-electron chi connectivity index (χ1n) is 8.81. The normalized spacial score (nSPS) is 11.4. The SMILES string of the molecule is O=c1c2ccncc2ncn1Cc1c(F)cc(-c2cnc3ccccn23)cc1F. The average Bonchev–Trinajstić information content (AvgIpc) is 3.16. The quantitative estimate of drug-likeness (QED) is 0.474. The van der Waals surface area contributed by atoms with Crippen LogP contribution in [0.5, 0.6) is 0 Å². The van der Waals surface area contributed by atoms with E-state index in [1.165, 1.54) is 41.5 Å². The van der Waals surface area contributed by atoms with E-state index in [0.29, 0.717) is 27.8 Å². The van der Waals surface area contributed by atoms with Gasteiger partial charge in [0.15, 0.2) is 0 Å². The number of nitrogens with zero attached hydrogens (tertiary/aromatic N) is 5. The highest BCUT2D eigenvalue weighted by atomic mass is 19.1. The molecule has 0 saturated carbocycles. The number of hydrogen-bond donors (Lipinski definition) is 0. The molecule has 0 unspecified atom stereocenters. The van der Waals surface area contributed by atoms with E-state index in [0.717, 1.165) is 0 Å². The summed E-state index contributed by atoms with van der Waals surface area (Å²) in [5, 5.41) is 0.339. The van der Waals surface area contributed by atoms with Crippen molar-refractivity contribution >= 4 is 16.6 Å². The van der Waals surface area contributed by atoms with Gasteiger partial charge in [-0.2, -0.15) is 0 Å². The van der Waals surface area contributed by atoms with Gasteiger partial charge in [0.1, 0.15) is 17.3 Å². The first-order chi connectivity index (χ1) is 14.1. The van der Waals surface area contributed by atoms with E-state index in [2.05, 4.69) is 15.0 Å². The maximum absolute atomic E-state index is 14.8. The Morgan fingerprint density at radius 1 is 1.00 bits per heavy atom. The van der Waals surface area contributed by atoms with Crippen molar-refractivity contribution in [1.29, 1.82) is 0 Å². The lowest BCUT2D eigenvalue weighted by Crippen LogP contribution is -2.22. The molecule has 0 amide bonds. The van der Waals surface area contributed by atoms with Gasteiger partial charge in [-0.1, -0.05) is 6.07 Å². The molecule has 0 radical (unpaired) electrons. The monoisotopic (exact) mass is 389 g/mol. The molecule has 0 spiro atoms. The molecule has 4 heterocycles. The highest BCUT2D eigenvalue weighted by Crippen LogP contribution is 2.25. The summed E-state index contributed by atoms with van der Waals surface area (Å²) in [5.74, 6) is -1.49. The Hall–Kier alpha value is -3.94. The molecule has 4 aromatic heterocycles. The molecule has 0 aliphatic carbocycles. The molecule has 5 rings (SSSR count). The van der Waals surface area contributed by atoms with Crippen molar-refractivity contribution in [2.75, 3.05) is 0 Å². The van der Waals surface area contributed by atoms with Gasteiger partial charge in [-0.3, -0.25) is 18.7 Å². The predicted molar refractivity (Wildman–Crippen MR) is 103 cm³/mol. The Labute approximate surface area is 162 Å². The molecule has 1 aromatic carbocycles. The summed E-state index contributed by atoms with van der Waals surface area (Å²) in [7, 11) is 0. The second kappa shape index (κ2) is 6.59. The van der Waals surface area contributed by atoms with Crippen molar-refractivity contribution in [2.24, 2.45) is 0 Å². The van der Waals surface area contributed by atoms with Gasteiger partial charge in [0.2, 0.25) is 0 Å². The molecule has 0 atom stereocenters. The van der Waals surface area contributed by atoms with Crippen molar-refractivity contribution in [3.63, 3.8) is 0 Å². The highest BCUT2D eigenvalue weighted by Gasteiger charge is 2.16. The predicted octanol–water partition coefficient (Wildman–Crippen LogP) is 3.43. The third kappa shape index (κ3) is 2.85. The van der Waals surface area contributed by atoms with Crippen LogP contribution in [0.2, 0.25) is 0 Å². The molecule has 0 aliphatic heterocycles. The Kier molecular flexibility index (Phi) is 3.90. The van der Waals surface area contributed by atoms with E-state index in [-0.39, 0.29) is 17.7 Å². The number of rotatable bonds is 3. The van der Waals surface area contributed by atoms with E-state index in [1.54, 1.807) is 22.9 Å². The molecule has 0 bridgehead atoms. The smallest absolute Gasteiger partial charge is 0.261 e. The van der Waals surface area contributed by atoms with Crippen LogP contribution in [0.3, 0.4) is 0 Å². The number of aromatic nitrogens is 5. The van der Waals surface area contributed by atoms with Gasteiger partial charge < -0.3 is 0 Å². The van der Waals surface area contributed by atoms with Crippen molar-refractivity contribution < 1.29 is 8.78 Å². The van der Waals surface area contributed by atoms with Gasteiger partial charge in [-0.15, -0.1) is 0 Å². The molecular weight excluding hydrogens is 376 g/mol. The van der Waals surface area contributed by atoms with Crippen molar-refractivity contribution in [3.8, 4) is 11.3 Å². The Morgan fingerprint density at radius 2 is 1.83 bits per heavy atom. The molecule has 6 nitrogen and oxygen atoms in total. The van der Waals surface area contributed by atoms with Crippen molar-refractivity contribution in [3.05, 3.63) is 95.1 Å². The topological polar surface area (TPSA) is 65.1 Å². The third-order valence-electron chi connectivity index (χ3n) is 4.81. The molecule has 5 aromatic rings. The van der Waals surface area contributed by atoms with Gasteiger partial charge in [0, 0.05) is 23.5 Å². The number of benzene rings is 1. The van der Waals surface area contributed by atoms with Crippen LogP contribution in [-0.2, 0) is 6.54 Å². The van der Waals surface area contributed by atoms with Crippen molar-refractivity contribution in [1.82, 2.24) is 23.9 Å². The highest BCUT2D eigenvalue weighted by molar-refractivity contribution is 5.75. The average molecular weight is 389 g/mol. The number of hydrogen-bond acceptors (Lipinski definition) is 4. The molecule has 0 aliphatic rings. The summed E-state index contributed by atoms with van der Waals surface area (Å²) in [6.45, 7) is -0.269. The molecule has 142 valence electrons. The fourth-order valence-electron chi connectivity index (χ4n) is 3.34. The summed E-state index contributed by atoms with van der Waals surface area (Å²) in [6.07, 6.45) is 7.55. The summed E-state index contributed by atoms with van der Waals surface area (Å²) >= 11 is 0. The first kappa shape index (κ1) is 17.2. The second-order valence-electron chi connectivity index (χ2n) is 6.56. The molecule has 29 heavy (non-hydrogen) atoms. The van der Waals surface area contributed by atoms with E-state index in [4.69, 9.17) is 0 Å². The number of fused-ring (bicyclic) bond motifs is 2. The minimum Gasteiger partial charge on any atom is -0.300 e. The van der Waals surface area contributed by atoms with Crippen LogP contribution < -0.4 is 5.56 Å². The van der Waals surface area contributed by atoms with Crippen LogP contribution in [0.15, 0.2) is 72.3 Å². The fourth-order valence-corrected chi connectivity index (χ4v) is 3.34. The van der Waals surface area contributed by atoms with Crippen LogP contribution in [0.4, 0.5) is 8.78 Å². The van der Waals surface area contributed by atoms with Gasteiger partial charge in [-0.25, -0.2) is 18.7 Å². The number of pyridine rings is 2. The zero-order chi connectivity index (χ0) is 20.0. The van der Waals surface area contributed by atoms with E-state index < -0.39 is 11.6 Å². The van der Waals surface area contributed by atoms with E-state index >= 15 is 0 Å². The van der Waals surface area contributed by atoms with E-state index in [9.17, 15) is 13.6 Å². The summed E-state index contributed by atoms with van der Waals surface area (Å²) < 4.78 is 32.6. The molecule has 0 N–H and O–H groups in total. The van der Waals surface area contributed by atoms with Crippen LogP contribution in [0.25, 0.3) is 27.8 Å². The standard InChI is InChI=1S/C21H13F2N5O/c22-16-7-13(19-10-25-20-3-1-2-6-28(19)20)8-17(23)15(16)11-27-12-26-18-9-24-5-4-14(18)21(27)29/h1-10,12H,11H2. The van der Waals surface area contributed by atoms with Gasteiger partial charge in [0.25, 0.3) is 5.56 Å². The largest absolute Gasteiger partial charge is 0.300 e. The maximum Gasteiger partial charge on any atom is 0.261 e.